The van der Waals surface area contributed by atoms with Crippen molar-refractivity contribution in [1.29, 1.82) is 0 Å². The van der Waals surface area contributed by atoms with Crippen molar-refractivity contribution in [2.75, 3.05) is 31.3 Å². The summed E-state index contributed by atoms with van der Waals surface area (Å²) in [6, 6.07) is 0. The minimum atomic E-state index is -1.93. The zero-order valence-electron chi connectivity index (χ0n) is 20.5. The third kappa shape index (κ3) is 16.2. The molecule has 0 spiro atoms. The van der Waals surface area contributed by atoms with Gasteiger partial charge in [-0.05, 0) is 0 Å². The predicted molar refractivity (Wildman–Crippen MR) is 143 cm³/mol. The van der Waals surface area contributed by atoms with Crippen molar-refractivity contribution in [3.8, 4) is 0 Å². The van der Waals surface area contributed by atoms with Crippen LogP contribution in [0, 0.1) is 0 Å². The van der Waals surface area contributed by atoms with Crippen LogP contribution in [-0.4, -0.2) is 36.4 Å². The molecule has 0 aliphatic rings. The van der Waals surface area contributed by atoms with Gasteiger partial charge in [-0.1, -0.05) is 0 Å². The quantitative estimate of drug-likeness (QED) is 0.110. The van der Waals surface area contributed by atoms with E-state index in [1.165, 1.54) is 134 Å². The number of hydrogen-bond donors (Lipinski definition) is 1. The summed E-state index contributed by atoms with van der Waals surface area (Å²) in [4.78, 5) is 0. The normalized spacial score (nSPS) is 13.5. The van der Waals surface area contributed by atoms with Gasteiger partial charge in [0, 0.05) is 0 Å². The van der Waals surface area contributed by atoms with Gasteiger partial charge >= 0.3 is 194 Å². The second-order valence-electron chi connectivity index (χ2n) is 9.74. The Morgan fingerprint density at radius 1 is 0.448 bits per heavy atom. The van der Waals surface area contributed by atoms with Gasteiger partial charge in [0.05, 0.1) is 0 Å². The fourth-order valence-corrected chi connectivity index (χ4v) is 12.4. The van der Waals surface area contributed by atoms with Crippen molar-refractivity contribution < 1.29 is 5.11 Å². The molecule has 0 aromatic heterocycles. The van der Waals surface area contributed by atoms with Gasteiger partial charge in [-0.15, -0.1) is 0 Å². The Labute approximate surface area is 193 Å². The van der Waals surface area contributed by atoms with E-state index in [2.05, 4.69) is 36.3 Å². The van der Waals surface area contributed by atoms with Crippen molar-refractivity contribution in [2.45, 2.75) is 136 Å². The van der Waals surface area contributed by atoms with Gasteiger partial charge in [-0.25, -0.2) is 0 Å². The Morgan fingerprint density at radius 2 is 0.724 bits per heavy atom. The number of aliphatic hydroxyl groups is 1. The molecule has 0 rings (SSSR count). The number of halogens is 1. The molecule has 178 valence electrons. The minimum absolute atomic E-state index is 0.380. The van der Waals surface area contributed by atoms with Crippen molar-refractivity contribution in [3.63, 3.8) is 0 Å². The summed E-state index contributed by atoms with van der Waals surface area (Å²) in [6.45, 7) is 7.28. The van der Waals surface area contributed by atoms with Gasteiger partial charge in [0.25, 0.3) is 0 Å². The summed E-state index contributed by atoms with van der Waals surface area (Å²) in [6.07, 6.45) is 30.1. The summed E-state index contributed by atoms with van der Waals surface area (Å²) in [5, 5.41) is 8.06. The molecule has 0 unspecified atom stereocenters. The van der Waals surface area contributed by atoms with E-state index in [-0.39, 0.29) is 0 Å². The van der Waals surface area contributed by atoms with Crippen LogP contribution < -0.4 is 0 Å². The molecule has 0 aromatic carbocycles. The van der Waals surface area contributed by atoms with Gasteiger partial charge in [-0.2, -0.15) is 0 Å². The van der Waals surface area contributed by atoms with E-state index in [0.717, 1.165) is 6.16 Å². The van der Waals surface area contributed by atoms with Crippen LogP contribution in [0.4, 0.5) is 0 Å². The molecule has 0 atom stereocenters. The van der Waals surface area contributed by atoms with Crippen molar-refractivity contribution >= 4 is 20.8 Å². The van der Waals surface area contributed by atoms with Crippen LogP contribution in [0.1, 0.15) is 136 Å². The van der Waals surface area contributed by atoms with E-state index in [1.807, 2.05) is 0 Å². The van der Waals surface area contributed by atoms with Crippen LogP contribution >= 0.6 is 20.8 Å². The Hall–Kier alpha value is 0.870. The summed E-state index contributed by atoms with van der Waals surface area (Å²) in [7, 11) is 0. The Morgan fingerprint density at radius 3 is 1.00 bits per heavy atom. The summed E-state index contributed by atoms with van der Waals surface area (Å²) >= 11 is 4.47. The van der Waals surface area contributed by atoms with E-state index < -0.39 is 5.31 Å². The van der Waals surface area contributed by atoms with Gasteiger partial charge in [0.1, 0.15) is 0 Å². The molecule has 1 nitrogen and oxygen atoms in total. The molecule has 0 amide bonds. The molecule has 0 bridgehead atoms. The van der Waals surface area contributed by atoms with Gasteiger partial charge in [-0.3, -0.25) is 0 Å². The number of aliphatic hydroxyl groups excluding tert-OH is 1. The maximum atomic E-state index is 9.99. The average molecular weight is 496 g/mol. The van der Waals surface area contributed by atoms with Crippen LogP contribution in [0.15, 0.2) is 0 Å². The zero-order chi connectivity index (χ0) is 21.7. The first kappa shape index (κ1) is 29.9. The summed E-state index contributed by atoms with van der Waals surface area (Å²) in [5.41, 5.74) is 0. The van der Waals surface area contributed by atoms with Gasteiger partial charge < -0.3 is 0 Å². The first-order valence-electron chi connectivity index (χ1n) is 13.4. The van der Waals surface area contributed by atoms with Crippen molar-refractivity contribution in [1.82, 2.24) is 0 Å². The van der Waals surface area contributed by atoms with Crippen LogP contribution in [0.3, 0.4) is 0 Å². The third-order valence-electron chi connectivity index (χ3n) is 6.87. The average Bonchev–Trinajstić information content (AvgIpc) is 2.71. The van der Waals surface area contributed by atoms with Gasteiger partial charge in [0.2, 0.25) is 0 Å². The molecule has 0 saturated heterocycles. The molecule has 0 heterocycles. The SMILES string of the molecule is CCCCCCCCP(Br)(CCO)(CCCCCCCC)CCCCCCCC. The Kier molecular flexibility index (Phi) is 20.1. The number of rotatable bonds is 23. The maximum absolute atomic E-state index is 9.99. The molecular weight excluding hydrogens is 439 g/mol. The van der Waals surface area contributed by atoms with Crippen molar-refractivity contribution in [2.24, 2.45) is 0 Å². The van der Waals surface area contributed by atoms with Crippen molar-refractivity contribution in [3.05, 3.63) is 0 Å². The van der Waals surface area contributed by atoms with E-state index in [1.54, 1.807) is 0 Å². The summed E-state index contributed by atoms with van der Waals surface area (Å²) in [5.74, 6) is 0. The molecule has 0 aromatic rings. The standard InChI is InChI=1S/C26H56BrOP/c1-4-7-10-13-16-19-23-29(27,26-22-28,24-20-17-14-11-8-5-2)25-21-18-15-12-9-6-3/h28H,4-26H2,1-3H3. The van der Waals surface area contributed by atoms with E-state index in [0.29, 0.717) is 6.61 Å². The van der Waals surface area contributed by atoms with E-state index in [9.17, 15) is 5.11 Å². The molecule has 0 fully saturated rings. The summed E-state index contributed by atoms with van der Waals surface area (Å²) < 4.78 is 0. The molecule has 0 aliphatic carbocycles. The fraction of sp³-hybridized carbons (Fsp3) is 1.00. The van der Waals surface area contributed by atoms with E-state index >= 15 is 0 Å². The first-order chi connectivity index (χ1) is 14.0. The first-order valence-corrected chi connectivity index (χ1v) is 18.4. The van der Waals surface area contributed by atoms with Gasteiger partial charge in [0.15, 0.2) is 0 Å². The Bertz CT molecular complexity index is 304. The van der Waals surface area contributed by atoms with Crippen LogP contribution in [0.25, 0.3) is 0 Å². The fourth-order valence-electron chi connectivity index (χ4n) is 4.78. The molecule has 0 saturated carbocycles. The van der Waals surface area contributed by atoms with Crippen LogP contribution in [0.2, 0.25) is 0 Å². The second kappa shape index (κ2) is 19.5. The molecule has 0 radical (unpaired) electrons. The molecule has 1 N–H and O–H groups in total. The molecule has 3 heteroatoms. The monoisotopic (exact) mass is 494 g/mol. The molecule has 29 heavy (non-hydrogen) atoms. The molecular formula is C26H56BrOP. The molecule has 0 aliphatic heterocycles. The predicted octanol–water partition coefficient (Wildman–Crippen LogP) is 9.92. The second-order valence-corrected chi connectivity index (χ2v) is 21.2. The Balaban J connectivity index is 4.67. The van der Waals surface area contributed by atoms with E-state index in [4.69, 9.17) is 0 Å². The third-order valence-corrected chi connectivity index (χ3v) is 16.7. The van der Waals surface area contributed by atoms with Crippen LogP contribution in [-0.2, 0) is 0 Å². The number of hydrogen-bond acceptors (Lipinski definition) is 1. The number of unbranched alkanes of at least 4 members (excludes halogenated alkanes) is 15. The topological polar surface area (TPSA) is 20.2 Å². The van der Waals surface area contributed by atoms with Crippen LogP contribution in [0.5, 0.6) is 0 Å². The zero-order valence-corrected chi connectivity index (χ0v) is 23.0.